The predicted octanol–water partition coefficient (Wildman–Crippen LogP) is 3.91. The first kappa shape index (κ1) is 15.5. The normalized spacial score (nSPS) is 21.2. The van der Waals surface area contributed by atoms with E-state index in [2.05, 4.69) is 41.5 Å². The zero-order valence-corrected chi connectivity index (χ0v) is 11.8. The Morgan fingerprint density at radius 2 is 1.12 bits per heavy atom. The third kappa shape index (κ3) is 3.80. The third-order valence-corrected chi connectivity index (χ3v) is 4.72. The lowest BCUT2D eigenvalue weighted by Crippen LogP contribution is -2.31. The Morgan fingerprint density at radius 1 is 0.750 bits per heavy atom. The molecule has 0 fully saturated rings. The molecule has 1 N–H and O–H groups in total. The van der Waals surface area contributed by atoms with Gasteiger partial charge in [0.2, 0.25) is 0 Å². The van der Waals surface area contributed by atoms with Crippen LogP contribution in [0.3, 0.4) is 0 Å². The molecule has 5 unspecified atom stereocenters. The molecule has 0 saturated carbocycles. The standard InChI is InChI=1S/C14H28O2/c1-8(2)9(3)10(4)11(5)12(6)13(7)14(15)16/h8-13H,1-7H3,(H,15,16). The largest absolute Gasteiger partial charge is 0.481 e. The monoisotopic (exact) mass is 228 g/mol. The summed E-state index contributed by atoms with van der Waals surface area (Å²) in [5, 5.41) is 9.03. The molecule has 0 amide bonds. The van der Waals surface area contributed by atoms with Crippen molar-refractivity contribution in [3.05, 3.63) is 0 Å². The third-order valence-electron chi connectivity index (χ3n) is 4.72. The fraction of sp³-hybridized carbons (Fsp3) is 0.929. The Labute approximate surface area is 100 Å². The second kappa shape index (κ2) is 6.27. The number of carboxylic acid groups (broad SMARTS) is 1. The highest BCUT2D eigenvalue weighted by molar-refractivity contribution is 5.69. The number of hydrogen-bond acceptors (Lipinski definition) is 1. The molecule has 0 aromatic carbocycles. The number of rotatable bonds is 6. The van der Waals surface area contributed by atoms with Crippen molar-refractivity contribution in [2.45, 2.75) is 48.5 Å². The highest BCUT2D eigenvalue weighted by atomic mass is 16.4. The molecule has 0 aliphatic rings. The van der Waals surface area contributed by atoms with Gasteiger partial charge >= 0.3 is 5.97 Å². The van der Waals surface area contributed by atoms with Crippen LogP contribution in [0.2, 0.25) is 0 Å². The van der Waals surface area contributed by atoms with Gasteiger partial charge in [-0.15, -0.1) is 0 Å². The van der Waals surface area contributed by atoms with Crippen LogP contribution in [0.25, 0.3) is 0 Å². The molecule has 0 spiro atoms. The SMILES string of the molecule is CC(C)C(C)C(C)C(C)C(C)C(C)C(=O)O. The van der Waals surface area contributed by atoms with Crippen LogP contribution in [-0.4, -0.2) is 11.1 Å². The lowest BCUT2D eigenvalue weighted by Gasteiger charge is -2.34. The van der Waals surface area contributed by atoms with Crippen LogP contribution in [0, 0.1) is 35.5 Å². The van der Waals surface area contributed by atoms with Gasteiger partial charge in [0.15, 0.2) is 0 Å². The molecule has 5 atom stereocenters. The van der Waals surface area contributed by atoms with Gasteiger partial charge in [0.25, 0.3) is 0 Å². The molecule has 0 aliphatic heterocycles. The van der Waals surface area contributed by atoms with E-state index < -0.39 is 5.97 Å². The Morgan fingerprint density at radius 3 is 1.44 bits per heavy atom. The first-order valence-electron chi connectivity index (χ1n) is 6.42. The fourth-order valence-corrected chi connectivity index (χ4v) is 2.25. The molecular weight excluding hydrogens is 200 g/mol. The fourth-order valence-electron chi connectivity index (χ4n) is 2.25. The minimum absolute atomic E-state index is 0.230. The molecule has 2 heteroatoms. The lowest BCUT2D eigenvalue weighted by molar-refractivity contribution is -0.143. The first-order chi connectivity index (χ1) is 7.20. The second-order valence-corrected chi connectivity index (χ2v) is 5.81. The van der Waals surface area contributed by atoms with Gasteiger partial charge in [-0.05, 0) is 29.6 Å². The summed E-state index contributed by atoms with van der Waals surface area (Å²) in [6.07, 6.45) is 0. The maximum absolute atomic E-state index is 11.0. The summed E-state index contributed by atoms with van der Waals surface area (Å²) < 4.78 is 0. The summed E-state index contributed by atoms with van der Waals surface area (Å²) in [4.78, 5) is 11.0. The van der Waals surface area contributed by atoms with Crippen molar-refractivity contribution in [1.29, 1.82) is 0 Å². The second-order valence-electron chi connectivity index (χ2n) is 5.81. The summed E-state index contributed by atoms with van der Waals surface area (Å²) >= 11 is 0. The summed E-state index contributed by atoms with van der Waals surface area (Å²) in [7, 11) is 0. The topological polar surface area (TPSA) is 37.3 Å². The Balaban J connectivity index is 4.54. The van der Waals surface area contributed by atoms with Gasteiger partial charge in [-0.25, -0.2) is 0 Å². The first-order valence-corrected chi connectivity index (χ1v) is 6.42. The Hall–Kier alpha value is -0.530. The van der Waals surface area contributed by atoms with Gasteiger partial charge in [0.1, 0.15) is 0 Å². The number of hydrogen-bond donors (Lipinski definition) is 1. The quantitative estimate of drug-likeness (QED) is 0.748. The molecular formula is C14H28O2. The van der Waals surface area contributed by atoms with Crippen LogP contribution in [0.4, 0.5) is 0 Å². The van der Waals surface area contributed by atoms with Crippen LogP contribution in [0.15, 0.2) is 0 Å². The smallest absolute Gasteiger partial charge is 0.306 e. The van der Waals surface area contributed by atoms with E-state index in [1.54, 1.807) is 0 Å². The van der Waals surface area contributed by atoms with E-state index in [1.165, 1.54) is 0 Å². The molecule has 0 aromatic rings. The number of carboxylic acids is 1. The summed E-state index contributed by atoms with van der Waals surface area (Å²) in [5.74, 6) is 1.61. The molecule has 0 saturated heterocycles. The van der Waals surface area contributed by atoms with E-state index in [-0.39, 0.29) is 11.8 Å². The lowest BCUT2D eigenvalue weighted by atomic mass is 9.71. The van der Waals surface area contributed by atoms with Crippen molar-refractivity contribution >= 4 is 5.97 Å². The van der Waals surface area contributed by atoms with E-state index in [0.717, 1.165) is 0 Å². The summed E-state index contributed by atoms with van der Waals surface area (Å²) in [5.41, 5.74) is 0. The van der Waals surface area contributed by atoms with Crippen molar-refractivity contribution in [2.24, 2.45) is 35.5 Å². The average Bonchev–Trinajstić information content (AvgIpc) is 2.23. The maximum atomic E-state index is 11.0. The zero-order valence-electron chi connectivity index (χ0n) is 11.8. The average molecular weight is 228 g/mol. The zero-order chi connectivity index (χ0) is 13.0. The minimum Gasteiger partial charge on any atom is -0.481 e. The Bertz CT molecular complexity index is 223. The molecule has 0 bridgehead atoms. The van der Waals surface area contributed by atoms with E-state index in [1.807, 2.05) is 6.92 Å². The molecule has 0 rings (SSSR count). The van der Waals surface area contributed by atoms with Crippen LogP contribution in [0.5, 0.6) is 0 Å². The molecule has 2 nitrogen and oxygen atoms in total. The molecule has 16 heavy (non-hydrogen) atoms. The predicted molar refractivity (Wildman–Crippen MR) is 68.3 cm³/mol. The van der Waals surface area contributed by atoms with Crippen molar-refractivity contribution in [3.8, 4) is 0 Å². The maximum Gasteiger partial charge on any atom is 0.306 e. The highest BCUT2D eigenvalue weighted by Gasteiger charge is 2.30. The van der Waals surface area contributed by atoms with Crippen molar-refractivity contribution in [3.63, 3.8) is 0 Å². The summed E-state index contributed by atoms with van der Waals surface area (Å²) in [6.45, 7) is 15.1. The molecule has 0 radical (unpaired) electrons. The molecule has 0 heterocycles. The van der Waals surface area contributed by atoms with Crippen LogP contribution < -0.4 is 0 Å². The van der Waals surface area contributed by atoms with Crippen LogP contribution in [0.1, 0.15) is 48.5 Å². The van der Waals surface area contributed by atoms with Gasteiger partial charge < -0.3 is 5.11 Å². The van der Waals surface area contributed by atoms with E-state index in [9.17, 15) is 4.79 Å². The van der Waals surface area contributed by atoms with E-state index >= 15 is 0 Å². The highest BCUT2D eigenvalue weighted by Crippen LogP contribution is 2.34. The van der Waals surface area contributed by atoms with Gasteiger partial charge in [0, 0.05) is 0 Å². The van der Waals surface area contributed by atoms with Gasteiger partial charge in [0.05, 0.1) is 5.92 Å². The van der Waals surface area contributed by atoms with Gasteiger partial charge in [-0.1, -0.05) is 48.5 Å². The molecule has 0 aliphatic carbocycles. The summed E-state index contributed by atoms with van der Waals surface area (Å²) in [6, 6.07) is 0. The minimum atomic E-state index is -0.677. The van der Waals surface area contributed by atoms with Crippen molar-refractivity contribution in [2.75, 3.05) is 0 Å². The van der Waals surface area contributed by atoms with Crippen LogP contribution >= 0.6 is 0 Å². The van der Waals surface area contributed by atoms with E-state index in [0.29, 0.717) is 23.7 Å². The molecule has 0 aromatic heterocycles. The number of aliphatic carboxylic acids is 1. The Kier molecular flexibility index (Phi) is 6.06. The van der Waals surface area contributed by atoms with E-state index in [4.69, 9.17) is 5.11 Å². The number of carbonyl (C=O) groups is 1. The van der Waals surface area contributed by atoms with Gasteiger partial charge in [-0.3, -0.25) is 4.79 Å². The van der Waals surface area contributed by atoms with Crippen molar-refractivity contribution < 1.29 is 9.90 Å². The van der Waals surface area contributed by atoms with Gasteiger partial charge in [-0.2, -0.15) is 0 Å². The molecule has 96 valence electrons. The van der Waals surface area contributed by atoms with Crippen LogP contribution in [-0.2, 0) is 4.79 Å². The van der Waals surface area contributed by atoms with Crippen molar-refractivity contribution in [1.82, 2.24) is 0 Å².